The minimum atomic E-state index is -0.199. The maximum absolute atomic E-state index is 12.9. The molecular weight excluding hydrogens is 346 g/mol. The minimum absolute atomic E-state index is 0.0193. The fourth-order valence-corrected chi connectivity index (χ4v) is 3.68. The number of methoxy groups -OCH3 is 1. The third kappa shape index (κ3) is 3.49. The van der Waals surface area contributed by atoms with Crippen molar-refractivity contribution < 1.29 is 19.1 Å². The molecule has 2 aliphatic rings. The fourth-order valence-electron chi connectivity index (χ4n) is 3.68. The van der Waals surface area contributed by atoms with Crippen molar-refractivity contribution in [1.82, 2.24) is 14.8 Å². The zero-order chi connectivity index (χ0) is 18.8. The molecular formula is C20H23N3O4. The Hall–Kier alpha value is -2.96. The van der Waals surface area contributed by atoms with Gasteiger partial charge in [0.15, 0.2) is 0 Å². The number of carbonyl (C=O) groups excluding carboxylic acids is 2. The first-order chi connectivity index (χ1) is 13.2. The molecule has 2 amide bonds. The summed E-state index contributed by atoms with van der Waals surface area (Å²) in [6, 6.07) is 9.26. The Labute approximate surface area is 157 Å². The molecule has 0 unspecified atom stereocenters. The molecule has 1 N–H and O–H groups in total. The van der Waals surface area contributed by atoms with E-state index in [1.165, 1.54) is 0 Å². The second-order valence-electron chi connectivity index (χ2n) is 6.89. The van der Waals surface area contributed by atoms with Crippen LogP contribution >= 0.6 is 0 Å². The highest BCUT2D eigenvalue weighted by atomic mass is 16.5. The Morgan fingerprint density at radius 1 is 1.15 bits per heavy atom. The van der Waals surface area contributed by atoms with Gasteiger partial charge in [0.25, 0.3) is 5.91 Å². The highest BCUT2D eigenvalue weighted by Gasteiger charge is 2.32. The minimum Gasteiger partial charge on any atom is -0.497 e. The van der Waals surface area contributed by atoms with Crippen molar-refractivity contribution >= 4 is 11.8 Å². The van der Waals surface area contributed by atoms with Gasteiger partial charge >= 0.3 is 0 Å². The Kier molecular flexibility index (Phi) is 4.75. The number of piperazine rings is 1. The Morgan fingerprint density at radius 3 is 2.63 bits per heavy atom. The van der Waals surface area contributed by atoms with E-state index in [4.69, 9.17) is 9.47 Å². The predicted octanol–water partition coefficient (Wildman–Crippen LogP) is 1.56. The monoisotopic (exact) mass is 369 g/mol. The maximum Gasteiger partial charge on any atom is 0.270 e. The van der Waals surface area contributed by atoms with Gasteiger partial charge in [-0.15, -0.1) is 0 Å². The van der Waals surface area contributed by atoms with E-state index in [-0.39, 0.29) is 17.7 Å². The van der Waals surface area contributed by atoms with Crippen LogP contribution < -0.4 is 9.47 Å². The van der Waals surface area contributed by atoms with Crippen molar-refractivity contribution in [3.8, 4) is 11.5 Å². The number of hydrogen-bond acceptors (Lipinski definition) is 4. The van der Waals surface area contributed by atoms with Crippen molar-refractivity contribution in [2.45, 2.75) is 6.42 Å². The second kappa shape index (κ2) is 7.34. The summed E-state index contributed by atoms with van der Waals surface area (Å²) >= 11 is 0. The molecule has 0 spiro atoms. The summed E-state index contributed by atoms with van der Waals surface area (Å²) in [6.07, 6.45) is 2.38. The van der Waals surface area contributed by atoms with Crippen molar-refractivity contribution in [1.29, 1.82) is 0 Å². The Balaban J connectivity index is 1.36. The number of rotatable bonds is 3. The molecule has 1 saturated heterocycles. The lowest BCUT2D eigenvalue weighted by Crippen LogP contribution is -2.53. The van der Waals surface area contributed by atoms with Gasteiger partial charge in [-0.2, -0.15) is 0 Å². The van der Waals surface area contributed by atoms with Crippen LogP contribution in [0.15, 0.2) is 36.5 Å². The van der Waals surface area contributed by atoms with E-state index >= 15 is 0 Å². The summed E-state index contributed by atoms with van der Waals surface area (Å²) < 4.78 is 11.1. The maximum atomic E-state index is 12.9. The molecule has 1 aromatic carbocycles. The van der Waals surface area contributed by atoms with Gasteiger partial charge in [-0.1, -0.05) is 0 Å². The molecule has 0 aliphatic carbocycles. The average Bonchev–Trinajstić information content (AvgIpc) is 3.27. The van der Waals surface area contributed by atoms with Crippen LogP contribution in [0.4, 0.5) is 0 Å². The third-order valence-electron chi connectivity index (χ3n) is 5.23. The number of fused-ring (bicyclic) bond motifs is 1. The van der Waals surface area contributed by atoms with E-state index in [1.807, 2.05) is 29.2 Å². The molecule has 142 valence electrons. The van der Waals surface area contributed by atoms with Crippen molar-refractivity contribution in [3.63, 3.8) is 0 Å². The van der Waals surface area contributed by atoms with Gasteiger partial charge in [-0.3, -0.25) is 9.59 Å². The van der Waals surface area contributed by atoms with Crippen molar-refractivity contribution in [2.75, 3.05) is 39.9 Å². The standard InChI is InChI=1S/C20H23N3O4/c1-26-16-4-5-18-14(12-16)11-15(13-27-18)19(24)22-7-9-23(10-8-22)20(25)17-3-2-6-21-17/h2-6,12,15,21H,7-11,13H2,1H3/t15-/m1/s1. The zero-order valence-corrected chi connectivity index (χ0v) is 15.3. The number of hydrogen-bond donors (Lipinski definition) is 1. The van der Waals surface area contributed by atoms with E-state index in [0.717, 1.165) is 17.1 Å². The van der Waals surface area contributed by atoms with Crippen LogP contribution in [0.3, 0.4) is 0 Å². The van der Waals surface area contributed by atoms with Gasteiger partial charge in [-0.05, 0) is 42.3 Å². The van der Waals surface area contributed by atoms with Gasteiger partial charge in [0.2, 0.25) is 5.91 Å². The molecule has 1 atom stereocenters. The SMILES string of the molecule is COc1ccc2c(c1)C[C@@H](C(=O)N1CCN(C(=O)c3ccc[nH]3)CC1)CO2. The van der Waals surface area contributed by atoms with Crippen LogP contribution in [0.1, 0.15) is 16.1 Å². The van der Waals surface area contributed by atoms with E-state index in [2.05, 4.69) is 4.98 Å². The van der Waals surface area contributed by atoms with Gasteiger partial charge in [0, 0.05) is 32.4 Å². The van der Waals surface area contributed by atoms with Crippen LogP contribution in [-0.2, 0) is 11.2 Å². The molecule has 0 bridgehead atoms. The molecule has 1 fully saturated rings. The Morgan fingerprint density at radius 2 is 1.93 bits per heavy atom. The molecule has 0 saturated carbocycles. The van der Waals surface area contributed by atoms with Crippen LogP contribution in [0.25, 0.3) is 0 Å². The quantitative estimate of drug-likeness (QED) is 0.891. The van der Waals surface area contributed by atoms with E-state index in [1.54, 1.807) is 24.3 Å². The normalized spacial score (nSPS) is 19.2. The van der Waals surface area contributed by atoms with E-state index < -0.39 is 0 Å². The summed E-state index contributed by atoms with van der Waals surface area (Å²) in [6.45, 7) is 2.57. The average molecular weight is 369 g/mol. The Bertz CT molecular complexity index is 826. The number of benzene rings is 1. The first-order valence-electron chi connectivity index (χ1n) is 9.17. The first-order valence-corrected chi connectivity index (χ1v) is 9.17. The smallest absolute Gasteiger partial charge is 0.270 e. The second-order valence-corrected chi connectivity index (χ2v) is 6.89. The fraction of sp³-hybridized carbons (Fsp3) is 0.400. The highest BCUT2D eigenvalue weighted by Crippen LogP contribution is 2.31. The van der Waals surface area contributed by atoms with Gasteiger partial charge in [0.1, 0.15) is 23.8 Å². The molecule has 2 aromatic rings. The van der Waals surface area contributed by atoms with Crippen molar-refractivity contribution in [3.05, 3.63) is 47.8 Å². The molecule has 1 aromatic heterocycles. The lowest BCUT2D eigenvalue weighted by Gasteiger charge is -2.37. The van der Waals surface area contributed by atoms with Gasteiger partial charge in [0.05, 0.1) is 13.0 Å². The molecule has 0 radical (unpaired) electrons. The summed E-state index contributed by atoms with van der Waals surface area (Å²) in [5, 5.41) is 0. The number of amides is 2. The zero-order valence-electron chi connectivity index (χ0n) is 15.3. The number of nitrogens with one attached hydrogen (secondary N) is 1. The molecule has 2 aliphatic heterocycles. The lowest BCUT2D eigenvalue weighted by molar-refractivity contribution is -0.138. The molecule has 7 nitrogen and oxygen atoms in total. The van der Waals surface area contributed by atoms with Crippen LogP contribution in [-0.4, -0.2) is 66.5 Å². The number of H-pyrrole nitrogens is 1. The number of ether oxygens (including phenoxy) is 2. The predicted molar refractivity (Wildman–Crippen MR) is 99.0 cm³/mol. The summed E-state index contributed by atoms with van der Waals surface area (Å²) in [5.74, 6) is 1.46. The number of carbonyl (C=O) groups is 2. The summed E-state index contributed by atoms with van der Waals surface area (Å²) in [5.41, 5.74) is 1.58. The van der Waals surface area contributed by atoms with Crippen molar-refractivity contribution in [2.24, 2.45) is 5.92 Å². The largest absolute Gasteiger partial charge is 0.497 e. The molecule has 27 heavy (non-hydrogen) atoms. The summed E-state index contributed by atoms with van der Waals surface area (Å²) in [7, 11) is 1.63. The number of aromatic nitrogens is 1. The van der Waals surface area contributed by atoms with Gasteiger partial charge in [-0.25, -0.2) is 0 Å². The molecule has 3 heterocycles. The molecule has 7 heteroatoms. The molecule has 4 rings (SSSR count). The van der Waals surface area contributed by atoms with Crippen LogP contribution in [0.2, 0.25) is 0 Å². The number of nitrogens with zero attached hydrogens (tertiary/aromatic N) is 2. The highest BCUT2D eigenvalue weighted by molar-refractivity contribution is 5.92. The first kappa shape index (κ1) is 17.5. The van der Waals surface area contributed by atoms with Crippen LogP contribution in [0, 0.1) is 5.92 Å². The van der Waals surface area contributed by atoms with Crippen LogP contribution in [0.5, 0.6) is 11.5 Å². The van der Waals surface area contributed by atoms with E-state index in [9.17, 15) is 9.59 Å². The lowest BCUT2D eigenvalue weighted by atomic mass is 9.95. The third-order valence-corrected chi connectivity index (χ3v) is 5.23. The van der Waals surface area contributed by atoms with Gasteiger partial charge < -0.3 is 24.3 Å². The summed E-state index contributed by atoms with van der Waals surface area (Å²) in [4.78, 5) is 31.9. The van der Waals surface area contributed by atoms with E-state index in [0.29, 0.717) is 44.9 Å². The topological polar surface area (TPSA) is 74.9 Å². The number of aromatic amines is 1.